The quantitative estimate of drug-likeness (QED) is 0.899. The predicted molar refractivity (Wildman–Crippen MR) is 78.4 cm³/mol. The highest BCUT2D eigenvalue weighted by Crippen LogP contribution is 2.30. The maximum Gasteiger partial charge on any atom is 0.247 e. The van der Waals surface area contributed by atoms with E-state index < -0.39 is 0 Å². The lowest BCUT2D eigenvalue weighted by Gasteiger charge is -2.22. The first-order chi connectivity index (χ1) is 10.1. The first-order valence-corrected chi connectivity index (χ1v) is 7.10. The number of amides is 1. The summed E-state index contributed by atoms with van der Waals surface area (Å²) in [7, 11) is 0. The molecule has 2 aromatic rings. The van der Waals surface area contributed by atoms with Crippen molar-refractivity contribution in [1.82, 2.24) is 10.2 Å². The number of carbonyl (C=O) groups excluding carboxylic acids is 1. The summed E-state index contributed by atoms with van der Waals surface area (Å²) in [6.45, 7) is 0. The maximum atomic E-state index is 12.1. The molecule has 3 rings (SSSR count). The summed E-state index contributed by atoms with van der Waals surface area (Å²) in [5.41, 5.74) is 7.44. The highest BCUT2D eigenvalue weighted by atomic mass is 16.4. The Balaban J connectivity index is 1.61. The topological polar surface area (TPSA) is 94.0 Å². The fourth-order valence-corrected chi connectivity index (χ4v) is 2.78. The Morgan fingerprint density at radius 2 is 2.00 bits per heavy atom. The highest BCUT2D eigenvalue weighted by Gasteiger charge is 2.31. The van der Waals surface area contributed by atoms with Crippen molar-refractivity contribution in [2.75, 3.05) is 5.32 Å². The lowest BCUT2D eigenvalue weighted by atomic mass is 9.94. The van der Waals surface area contributed by atoms with Gasteiger partial charge in [0.2, 0.25) is 18.2 Å². The van der Waals surface area contributed by atoms with Crippen LogP contribution < -0.4 is 11.1 Å². The number of anilines is 1. The first-order valence-electron chi connectivity index (χ1n) is 7.10. The molecule has 1 aliphatic rings. The van der Waals surface area contributed by atoms with Crippen LogP contribution >= 0.6 is 0 Å². The van der Waals surface area contributed by atoms with E-state index in [4.69, 9.17) is 10.2 Å². The summed E-state index contributed by atoms with van der Waals surface area (Å²) in [5, 5.41) is 10.3. The van der Waals surface area contributed by atoms with Crippen LogP contribution in [-0.4, -0.2) is 21.6 Å². The van der Waals surface area contributed by atoms with Crippen LogP contribution in [0.2, 0.25) is 0 Å². The van der Waals surface area contributed by atoms with Gasteiger partial charge in [-0.05, 0) is 37.1 Å². The average Bonchev–Trinajstić information content (AvgIpc) is 3.11. The van der Waals surface area contributed by atoms with Crippen LogP contribution in [0.15, 0.2) is 35.1 Å². The number of hydrogen-bond acceptors (Lipinski definition) is 5. The minimum atomic E-state index is -0.326. The van der Waals surface area contributed by atoms with Gasteiger partial charge in [-0.3, -0.25) is 4.79 Å². The minimum absolute atomic E-state index is 0.0371. The van der Waals surface area contributed by atoms with Crippen molar-refractivity contribution >= 4 is 11.6 Å². The second-order valence-corrected chi connectivity index (χ2v) is 5.62. The number of benzene rings is 1. The van der Waals surface area contributed by atoms with Gasteiger partial charge in [-0.25, -0.2) is 0 Å². The molecule has 6 heteroatoms. The lowest BCUT2D eigenvalue weighted by Crippen LogP contribution is -2.40. The smallest absolute Gasteiger partial charge is 0.247 e. The average molecular weight is 286 g/mol. The van der Waals surface area contributed by atoms with Crippen LogP contribution in [0.4, 0.5) is 5.69 Å². The number of rotatable bonds is 4. The molecule has 0 atom stereocenters. The van der Waals surface area contributed by atoms with Crippen molar-refractivity contribution in [1.29, 1.82) is 0 Å². The summed E-state index contributed by atoms with van der Waals surface area (Å²) in [6, 6.07) is 7.29. The lowest BCUT2D eigenvalue weighted by molar-refractivity contribution is -0.117. The van der Waals surface area contributed by atoms with Gasteiger partial charge < -0.3 is 15.5 Å². The third-order valence-electron chi connectivity index (χ3n) is 3.89. The minimum Gasteiger partial charge on any atom is -0.423 e. The Labute approximate surface area is 122 Å². The monoisotopic (exact) mass is 286 g/mol. The Morgan fingerprint density at radius 3 is 2.62 bits per heavy atom. The van der Waals surface area contributed by atoms with Crippen molar-refractivity contribution < 1.29 is 9.21 Å². The van der Waals surface area contributed by atoms with Gasteiger partial charge in [-0.1, -0.05) is 12.8 Å². The Bertz CT molecular complexity index is 601. The number of hydrogen-bond donors (Lipinski definition) is 2. The van der Waals surface area contributed by atoms with Gasteiger partial charge in [0.05, 0.1) is 0 Å². The van der Waals surface area contributed by atoms with Crippen LogP contribution in [-0.2, 0) is 4.79 Å². The van der Waals surface area contributed by atoms with Crippen molar-refractivity contribution in [3.63, 3.8) is 0 Å². The summed E-state index contributed by atoms with van der Waals surface area (Å²) < 4.78 is 5.12. The molecule has 0 saturated heterocycles. The van der Waals surface area contributed by atoms with Crippen LogP contribution in [0.25, 0.3) is 11.5 Å². The SMILES string of the molecule is NC1(CC(=O)Nc2ccc(-c3nnco3)cc2)CCCC1. The Hall–Kier alpha value is -2.21. The Kier molecular flexibility index (Phi) is 3.70. The second-order valence-electron chi connectivity index (χ2n) is 5.62. The largest absolute Gasteiger partial charge is 0.423 e. The van der Waals surface area contributed by atoms with E-state index >= 15 is 0 Å². The third-order valence-corrected chi connectivity index (χ3v) is 3.89. The zero-order chi connectivity index (χ0) is 14.7. The van der Waals surface area contributed by atoms with Crippen molar-refractivity contribution in [2.45, 2.75) is 37.6 Å². The molecule has 0 unspecified atom stereocenters. The van der Waals surface area contributed by atoms with E-state index in [2.05, 4.69) is 15.5 Å². The molecule has 0 spiro atoms. The standard InChI is InChI=1S/C15H18N4O2/c16-15(7-1-2-8-15)9-13(20)18-12-5-3-11(4-6-12)14-19-17-10-21-14/h3-6,10H,1-2,7-9,16H2,(H,18,20). The number of nitrogens with zero attached hydrogens (tertiary/aromatic N) is 2. The molecule has 1 aliphatic carbocycles. The van der Waals surface area contributed by atoms with Crippen molar-refractivity contribution in [3.05, 3.63) is 30.7 Å². The molecule has 0 aliphatic heterocycles. The van der Waals surface area contributed by atoms with Gasteiger partial charge in [0.15, 0.2) is 0 Å². The molecule has 1 fully saturated rings. The van der Waals surface area contributed by atoms with Gasteiger partial charge in [-0.2, -0.15) is 0 Å². The van der Waals surface area contributed by atoms with E-state index in [1.807, 2.05) is 24.3 Å². The highest BCUT2D eigenvalue weighted by molar-refractivity contribution is 5.91. The molecule has 3 N–H and O–H groups in total. The molecule has 1 heterocycles. The zero-order valence-corrected chi connectivity index (χ0v) is 11.7. The van der Waals surface area contributed by atoms with Crippen LogP contribution in [0.3, 0.4) is 0 Å². The molecule has 0 bridgehead atoms. The number of aromatic nitrogens is 2. The normalized spacial score (nSPS) is 16.8. The maximum absolute atomic E-state index is 12.1. The third kappa shape index (κ3) is 3.28. The molecular weight excluding hydrogens is 268 g/mol. The van der Waals surface area contributed by atoms with E-state index in [9.17, 15) is 4.79 Å². The summed E-state index contributed by atoms with van der Waals surface area (Å²) in [6.07, 6.45) is 5.74. The van der Waals surface area contributed by atoms with Crippen LogP contribution in [0.5, 0.6) is 0 Å². The summed E-state index contributed by atoms with van der Waals surface area (Å²) in [5.74, 6) is 0.421. The fraction of sp³-hybridized carbons (Fsp3) is 0.400. The Morgan fingerprint density at radius 1 is 1.29 bits per heavy atom. The van der Waals surface area contributed by atoms with Gasteiger partial charge in [0, 0.05) is 23.2 Å². The predicted octanol–water partition coefficient (Wildman–Crippen LogP) is 2.34. The molecular formula is C15H18N4O2. The number of nitrogens with one attached hydrogen (secondary N) is 1. The van der Waals surface area contributed by atoms with Crippen molar-refractivity contribution in [3.8, 4) is 11.5 Å². The van der Waals surface area contributed by atoms with E-state index in [1.54, 1.807) is 0 Å². The second kappa shape index (κ2) is 5.65. The summed E-state index contributed by atoms with van der Waals surface area (Å²) >= 11 is 0. The number of carbonyl (C=O) groups is 1. The van der Waals surface area contributed by atoms with Gasteiger partial charge in [-0.15, -0.1) is 10.2 Å². The van der Waals surface area contributed by atoms with E-state index in [-0.39, 0.29) is 11.4 Å². The van der Waals surface area contributed by atoms with Crippen LogP contribution in [0.1, 0.15) is 32.1 Å². The molecule has 0 radical (unpaired) electrons. The summed E-state index contributed by atoms with van der Waals surface area (Å²) in [4.78, 5) is 12.1. The molecule has 110 valence electrons. The van der Waals surface area contributed by atoms with Gasteiger partial charge >= 0.3 is 0 Å². The van der Waals surface area contributed by atoms with Gasteiger partial charge in [0.1, 0.15) is 0 Å². The molecule has 1 saturated carbocycles. The first kappa shape index (κ1) is 13.8. The molecule has 1 amide bonds. The van der Waals surface area contributed by atoms with E-state index in [1.165, 1.54) is 6.39 Å². The van der Waals surface area contributed by atoms with Crippen LogP contribution in [0, 0.1) is 0 Å². The molecule has 6 nitrogen and oxygen atoms in total. The van der Waals surface area contributed by atoms with E-state index in [0.717, 1.165) is 36.9 Å². The number of nitrogens with two attached hydrogens (primary N) is 1. The molecule has 1 aromatic heterocycles. The zero-order valence-electron chi connectivity index (χ0n) is 11.7. The van der Waals surface area contributed by atoms with Crippen molar-refractivity contribution in [2.24, 2.45) is 5.73 Å². The molecule has 1 aromatic carbocycles. The van der Waals surface area contributed by atoms with E-state index in [0.29, 0.717) is 12.3 Å². The molecule has 21 heavy (non-hydrogen) atoms. The fourth-order valence-electron chi connectivity index (χ4n) is 2.78. The van der Waals surface area contributed by atoms with Gasteiger partial charge in [0.25, 0.3) is 0 Å².